The molecule has 2 aromatic carbocycles. The molecule has 0 bridgehead atoms. The van der Waals surface area contributed by atoms with Gasteiger partial charge in [0.2, 0.25) is 0 Å². The summed E-state index contributed by atoms with van der Waals surface area (Å²) in [5.41, 5.74) is 5.75. The maximum atomic E-state index is 12.8. The Balaban J connectivity index is 1.71. The van der Waals surface area contributed by atoms with Crippen LogP contribution in [0.5, 0.6) is 0 Å². The summed E-state index contributed by atoms with van der Waals surface area (Å²) >= 11 is 10.7. The van der Waals surface area contributed by atoms with Crippen LogP contribution in [0, 0.1) is 5.82 Å². The summed E-state index contributed by atoms with van der Waals surface area (Å²) in [4.78, 5) is 23.5. The molecule has 6 nitrogen and oxygen atoms in total. The van der Waals surface area contributed by atoms with Gasteiger partial charge in [-0.1, -0.05) is 11.6 Å². The van der Waals surface area contributed by atoms with E-state index in [0.717, 1.165) is 0 Å². The van der Waals surface area contributed by atoms with Crippen molar-refractivity contribution in [2.24, 2.45) is 0 Å². The van der Waals surface area contributed by atoms with E-state index in [0.29, 0.717) is 16.3 Å². The van der Waals surface area contributed by atoms with Gasteiger partial charge in [0.1, 0.15) is 5.82 Å². The quantitative estimate of drug-likeness (QED) is 0.483. The van der Waals surface area contributed by atoms with Crippen molar-refractivity contribution in [3.05, 3.63) is 64.9 Å². The molecule has 0 radical (unpaired) electrons. The van der Waals surface area contributed by atoms with Crippen LogP contribution in [-0.2, 0) is 4.79 Å². The summed E-state index contributed by atoms with van der Waals surface area (Å²) in [5, 5.41) is 5.85. The topological polar surface area (TPSA) is 82.3 Å². The molecule has 2 rings (SSSR count). The van der Waals surface area contributed by atoms with Gasteiger partial charge in [0.05, 0.1) is 6.54 Å². The lowest BCUT2D eigenvalue weighted by Crippen LogP contribution is -2.47. The zero-order valence-electron chi connectivity index (χ0n) is 12.8. The van der Waals surface area contributed by atoms with Crippen molar-refractivity contribution < 1.29 is 14.0 Å². The van der Waals surface area contributed by atoms with Crippen LogP contribution in [-0.4, -0.2) is 23.5 Å². The zero-order chi connectivity index (χ0) is 18.2. The molecule has 2 amide bonds. The van der Waals surface area contributed by atoms with Gasteiger partial charge in [-0.05, 0) is 60.7 Å². The van der Waals surface area contributed by atoms with Crippen molar-refractivity contribution in [3.8, 4) is 0 Å². The Kier molecular flexibility index (Phi) is 6.67. The number of amides is 2. The Bertz CT molecular complexity index is 769. The van der Waals surface area contributed by atoms with Gasteiger partial charge >= 0.3 is 0 Å². The highest BCUT2D eigenvalue weighted by Crippen LogP contribution is 2.09. The predicted octanol–water partition coefficient (Wildman–Crippen LogP) is 2.23. The number of anilines is 1. The van der Waals surface area contributed by atoms with E-state index in [1.54, 1.807) is 24.3 Å². The molecule has 0 unspecified atom stereocenters. The van der Waals surface area contributed by atoms with Crippen molar-refractivity contribution in [1.82, 2.24) is 16.2 Å². The van der Waals surface area contributed by atoms with Gasteiger partial charge < -0.3 is 10.6 Å². The number of benzene rings is 2. The van der Waals surface area contributed by atoms with Gasteiger partial charge in [-0.15, -0.1) is 0 Å². The van der Waals surface area contributed by atoms with Crippen LogP contribution in [0.15, 0.2) is 48.5 Å². The standard InChI is InChI=1S/C16H14ClFN4O2S/c17-11-3-1-10(2-4-11)15(24)19-9-14(23)21-22-16(25)20-13-7-5-12(18)6-8-13/h1-8H,9H2,(H,19,24)(H,21,23)(H2,20,22,25). The van der Waals surface area contributed by atoms with Gasteiger partial charge in [-0.25, -0.2) is 4.39 Å². The first kappa shape index (κ1) is 18.6. The van der Waals surface area contributed by atoms with Crippen LogP contribution in [0.1, 0.15) is 10.4 Å². The molecule has 2 aromatic rings. The molecule has 0 atom stereocenters. The van der Waals surface area contributed by atoms with E-state index >= 15 is 0 Å². The number of thiocarbonyl (C=S) groups is 1. The van der Waals surface area contributed by atoms with Crippen LogP contribution in [0.25, 0.3) is 0 Å². The highest BCUT2D eigenvalue weighted by molar-refractivity contribution is 7.80. The summed E-state index contributed by atoms with van der Waals surface area (Å²) < 4.78 is 12.8. The SMILES string of the molecule is O=C(CNC(=O)c1ccc(Cl)cc1)NNC(=S)Nc1ccc(F)cc1. The maximum Gasteiger partial charge on any atom is 0.257 e. The van der Waals surface area contributed by atoms with E-state index in [4.69, 9.17) is 23.8 Å². The maximum absolute atomic E-state index is 12.8. The fraction of sp³-hybridized carbons (Fsp3) is 0.0625. The smallest absolute Gasteiger partial charge is 0.257 e. The molecule has 0 aliphatic heterocycles. The van der Waals surface area contributed by atoms with Crippen LogP contribution in [0.2, 0.25) is 5.02 Å². The molecule has 0 saturated heterocycles. The summed E-state index contributed by atoms with van der Waals surface area (Å²) in [6, 6.07) is 11.8. The number of carbonyl (C=O) groups excluding carboxylic acids is 2. The number of hydrazine groups is 1. The number of hydrogen-bond donors (Lipinski definition) is 4. The third-order valence-electron chi connectivity index (χ3n) is 2.93. The molecule has 9 heteroatoms. The zero-order valence-corrected chi connectivity index (χ0v) is 14.4. The van der Waals surface area contributed by atoms with Crippen molar-refractivity contribution in [2.75, 3.05) is 11.9 Å². The summed E-state index contributed by atoms with van der Waals surface area (Å²) in [7, 11) is 0. The van der Waals surface area contributed by atoms with Crippen molar-refractivity contribution >= 4 is 46.4 Å². The minimum atomic E-state index is -0.495. The largest absolute Gasteiger partial charge is 0.343 e. The van der Waals surface area contributed by atoms with E-state index in [-0.39, 0.29) is 17.5 Å². The van der Waals surface area contributed by atoms with Crippen LogP contribution < -0.4 is 21.5 Å². The minimum Gasteiger partial charge on any atom is -0.343 e. The van der Waals surface area contributed by atoms with E-state index in [1.165, 1.54) is 24.3 Å². The minimum absolute atomic E-state index is 0.115. The van der Waals surface area contributed by atoms with Gasteiger partial charge in [-0.2, -0.15) is 0 Å². The van der Waals surface area contributed by atoms with Gasteiger partial charge in [0.25, 0.3) is 11.8 Å². The highest BCUT2D eigenvalue weighted by atomic mass is 35.5. The molecule has 0 aromatic heterocycles. The van der Waals surface area contributed by atoms with Crippen LogP contribution in [0.3, 0.4) is 0 Å². The average Bonchev–Trinajstić information content (AvgIpc) is 2.60. The van der Waals surface area contributed by atoms with Crippen LogP contribution >= 0.6 is 23.8 Å². The monoisotopic (exact) mass is 380 g/mol. The summed E-state index contributed by atoms with van der Waals surface area (Å²) in [6.07, 6.45) is 0. The molecule has 0 aliphatic rings. The molecular formula is C16H14ClFN4O2S. The Labute approximate surface area is 153 Å². The molecule has 25 heavy (non-hydrogen) atoms. The first-order valence-electron chi connectivity index (χ1n) is 7.09. The molecular weight excluding hydrogens is 367 g/mol. The third kappa shape index (κ3) is 6.36. The van der Waals surface area contributed by atoms with E-state index in [1.807, 2.05) is 0 Å². The van der Waals surface area contributed by atoms with E-state index < -0.39 is 11.8 Å². The first-order valence-corrected chi connectivity index (χ1v) is 7.88. The number of halogens is 2. The Morgan fingerprint density at radius 1 is 1.00 bits per heavy atom. The molecule has 0 fully saturated rings. The summed E-state index contributed by atoms with van der Waals surface area (Å²) in [6.45, 7) is -0.242. The van der Waals surface area contributed by atoms with Crippen molar-refractivity contribution in [2.45, 2.75) is 0 Å². The Morgan fingerprint density at radius 3 is 2.28 bits per heavy atom. The Hall–Kier alpha value is -2.71. The lowest BCUT2D eigenvalue weighted by Gasteiger charge is -2.12. The number of carbonyl (C=O) groups is 2. The van der Waals surface area contributed by atoms with Gasteiger partial charge in [0, 0.05) is 16.3 Å². The van der Waals surface area contributed by atoms with Gasteiger partial charge in [-0.3, -0.25) is 20.4 Å². The second kappa shape index (κ2) is 8.95. The Morgan fingerprint density at radius 2 is 1.64 bits per heavy atom. The molecule has 0 saturated carbocycles. The normalized spacial score (nSPS) is 9.84. The fourth-order valence-electron chi connectivity index (χ4n) is 1.73. The lowest BCUT2D eigenvalue weighted by atomic mass is 10.2. The van der Waals surface area contributed by atoms with Crippen molar-refractivity contribution in [1.29, 1.82) is 0 Å². The second-order valence-corrected chi connectivity index (χ2v) is 5.67. The molecule has 0 aliphatic carbocycles. The first-order chi connectivity index (χ1) is 11.9. The number of nitrogens with one attached hydrogen (secondary N) is 4. The average molecular weight is 381 g/mol. The molecule has 0 spiro atoms. The third-order valence-corrected chi connectivity index (χ3v) is 3.39. The van der Waals surface area contributed by atoms with Gasteiger partial charge in [0.15, 0.2) is 5.11 Å². The van der Waals surface area contributed by atoms with Crippen molar-refractivity contribution in [3.63, 3.8) is 0 Å². The summed E-state index contributed by atoms with van der Waals surface area (Å²) in [5.74, 6) is -1.27. The highest BCUT2D eigenvalue weighted by Gasteiger charge is 2.08. The number of hydrogen-bond acceptors (Lipinski definition) is 3. The van der Waals surface area contributed by atoms with E-state index in [9.17, 15) is 14.0 Å². The van der Waals surface area contributed by atoms with Crippen LogP contribution in [0.4, 0.5) is 10.1 Å². The second-order valence-electron chi connectivity index (χ2n) is 4.82. The lowest BCUT2D eigenvalue weighted by molar-refractivity contribution is -0.120. The predicted molar refractivity (Wildman–Crippen MR) is 97.7 cm³/mol. The molecule has 130 valence electrons. The molecule has 0 heterocycles. The molecule has 4 N–H and O–H groups in total. The fourth-order valence-corrected chi connectivity index (χ4v) is 2.02. The van der Waals surface area contributed by atoms with E-state index in [2.05, 4.69) is 21.5 Å². The number of rotatable bonds is 4.